The standard InChI is InChI=1S/C22H37N3O7/c1-7-9-13-31-14-11-10-12-15(25(8-2)21(29)32-22(3,4)5)18-23-16(20(28)30-6)17(26)19(27)24-18/h15,26H,7-14H2,1-6H3,(H,23,24,27). The maximum absolute atomic E-state index is 12.9. The number of amides is 1. The Hall–Kier alpha value is -2.62. The molecule has 0 bridgehead atoms. The molecular weight excluding hydrogens is 418 g/mol. The van der Waals surface area contributed by atoms with Crippen LogP contribution in [-0.2, 0) is 14.2 Å². The van der Waals surface area contributed by atoms with Crippen LogP contribution in [0.15, 0.2) is 4.79 Å². The second-order valence-corrected chi connectivity index (χ2v) is 8.38. The van der Waals surface area contributed by atoms with Gasteiger partial charge in [-0.3, -0.25) is 9.69 Å². The third-order valence-electron chi connectivity index (χ3n) is 4.61. The molecule has 10 heteroatoms. The van der Waals surface area contributed by atoms with E-state index in [1.165, 1.54) is 4.90 Å². The van der Waals surface area contributed by atoms with Crippen LogP contribution in [0.25, 0.3) is 0 Å². The fourth-order valence-electron chi connectivity index (χ4n) is 3.01. The lowest BCUT2D eigenvalue weighted by Crippen LogP contribution is -2.40. The molecule has 0 radical (unpaired) electrons. The van der Waals surface area contributed by atoms with Crippen molar-refractivity contribution in [2.45, 2.75) is 78.4 Å². The Labute approximate surface area is 189 Å². The van der Waals surface area contributed by atoms with Crippen LogP contribution in [0.5, 0.6) is 5.75 Å². The Morgan fingerprint density at radius 3 is 2.38 bits per heavy atom. The molecule has 1 heterocycles. The van der Waals surface area contributed by atoms with Crippen LogP contribution < -0.4 is 5.56 Å². The van der Waals surface area contributed by atoms with Crippen LogP contribution in [0.1, 0.15) is 89.1 Å². The number of carbonyl (C=O) groups excluding carboxylic acids is 2. The molecule has 1 aromatic rings. The number of unbranched alkanes of at least 4 members (excludes halogenated alkanes) is 2. The summed E-state index contributed by atoms with van der Waals surface area (Å²) in [6.45, 7) is 10.7. The third kappa shape index (κ3) is 8.49. The number of carbonyl (C=O) groups is 2. The zero-order valence-corrected chi connectivity index (χ0v) is 20.0. The van der Waals surface area contributed by atoms with Gasteiger partial charge in [0.25, 0.3) is 5.56 Å². The van der Waals surface area contributed by atoms with Crippen molar-refractivity contribution in [1.82, 2.24) is 14.9 Å². The Balaban J connectivity index is 3.19. The van der Waals surface area contributed by atoms with E-state index in [0.717, 1.165) is 26.4 Å². The van der Waals surface area contributed by atoms with Gasteiger partial charge in [0.15, 0.2) is 5.69 Å². The van der Waals surface area contributed by atoms with Gasteiger partial charge in [0.2, 0.25) is 5.75 Å². The number of hydrogen-bond acceptors (Lipinski definition) is 8. The molecule has 0 fully saturated rings. The number of nitrogens with zero attached hydrogens (tertiary/aromatic N) is 2. The minimum absolute atomic E-state index is 0.0767. The molecule has 1 atom stereocenters. The minimum atomic E-state index is -0.946. The summed E-state index contributed by atoms with van der Waals surface area (Å²) < 4.78 is 15.7. The summed E-state index contributed by atoms with van der Waals surface area (Å²) in [7, 11) is 1.12. The number of nitrogens with one attached hydrogen (secondary N) is 1. The summed E-state index contributed by atoms with van der Waals surface area (Å²) in [6.07, 6.45) is 3.36. The van der Waals surface area contributed by atoms with Gasteiger partial charge in [0.05, 0.1) is 13.2 Å². The predicted octanol–water partition coefficient (Wildman–Crippen LogP) is 3.55. The summed E-state index contributed by atoms with van der Waals surface area (Å²) in [6, 6.07) is -0.679. The van der Waals surface area contributed by atoms with Gasteiger partial charge in [0, 0.05) is 19.8 Å². The van der Waals surface area contributed by atoms with Crippen molar-refractivity contribution >= 4 is 12.1 Å². The first-order valence-corrected chi connectivity index (χ1v) is 11.0. The van der Waals surface area contributed by atoms with Crippen molar-refractivity contribution in [2.75, 3.05) is 26.9 Å². The zero-order valence-electron chi connectivity index (χ0n) is 20.0. The van der Waals surface area contributed by atoms with Gasteiger partial charge in [-0.1, -0.05) is 13.3 Å². The maximum Gasteiger partial charge on any atom is 0.410 e. The van der Waals surface area contributed by atoms with Gasteiger partial charge in [-0.05, 0) is 53.4 Å². The normalized spacial score (nSPS) is 12.3. The van der Waals surface area contributed by atoms with Crippen LogP contribution in [0.2, 0.25) is 0 Å². The molecular formula is C22H37N3O7. The first-order chi connectivity index (χ1) is 15.1. The summed E-state index contributed by atoms with van der Waals surface area (Å²) >= 11 is 0. The molecule has 2 N–H and O–H groups in total. The molecule has 0 aromatic carbocycles. The monoisotopic (exact) mass is 455 g/mol. The molecule has 0 saturated heterocycles. The van der Waals surface area contributed by atoms with Crippen LogP contribution in [0, 0.1) is 0 Å². The lowest BCUT2D eigenvalue weighted by Gasteiger charge is -2.32. The summed E-state index contributed by atoms with van der Waals surface area (Å²) in [4.78, 5) is 45.2. The van der Waals surface area contributed by atoms with Crippen LogP contribution in [0.3, 0.4) is 0 Å². The molecule has 0 saturated carbocycles. The van der Waals surface area contributed by atoms with E-state index in [1.54, 1.807) is 27.7 Å². The largest absolute Gasteiger partial charge is 0.501 e. The zero-order chi connectivity index (χ0) is 24.3. The number of aromatic nitrogens is 2. The van der Waals surface area contributed by atoms with E-state index in [1.807, 2.05) is 0 Å². The highest BCUT2D eigenvalue weighted by Crippen LogP contribution is 2.26. The molecule has 1 amide bonds. The average molecular weight is 456 g/mol. The van der Waals surface area contributed by atoms with Gasteiger partial charge in [0.1, 0.15) is 11.4 Å². The SMILES string of the molecule is CCCCOCCCCC(c1nc(C(=O)OC)c(O)c(=O)[nH]1)N(CC)C(=O)OC(C)(C)C. The molecule has 182 valence electrons. The van der Waals surface area contributed by atoms with Crippen molar-refractivity contribution in [3.05, 3.63) is 21.9 Å². The quantitative estimate of drug-likeness (QED) is 0.361. The van der Waals surface area contributed by atoms with Crippen molar-refractivity contribution in [3.8, 4) is 5.75 Å². The smallest absolute Gasteiger partial charge is 0.410 e. The second kappa shape index (κ2) is 13.0. The summed E-state index contributed by atoms with van der Waals surface area (Å²) in [5.74, 6) is -1.70. The van der Waals surface area contributed by atoms with Crippen molar-refractivity contribution in [1.29, 1.82) is 0 Å². The lowest BCUT2D eigenvalue weighted by atomic mass is 10.1. The van der Waals surface area contributed by atoms with Gasteiger partial charge >= 0.3 is 12.1 Å². The van der Waals surface area contributed by atoms with E-state index in [-0.39, 0.29) is 12.4 Å². The molecule has 0 aliphatic carbocycles. The minimum Gasteiger partial charge on any atom is -0.501 e. The molecule has 1 aromatic heterocycles. The predicted molar refractivity (Wildman–Crippen MR) is 119 cm³/mol. The number of aromatic hydroxyl groups is 1. The third-order valence-corrected chi connectivity index (χ3v) is 4.61. The van der Waals surface area contributed by atoms with E-state index >= 15 is 0 Å². The Kier molecular flexibility index (Phi) is 11.2. The topological polar surface area (TPSA) is 131 Å². The Morgan fingerprint density at radius 2 is 1.81 bits per heavy atom. The molecule has 0 spiro atoms. The maximum atomic E-state index is 12.9. The van der Waals surface area contributed by atoms with Crippen molar-refractivity contribution in [3.63, 3.8) is 0 Å². The van der Waals surface area contributed by atoms with Crippen molar-refractivity contribution < 1.29 is 28.9 Å². The van der Waals surface area contributed by atoms with Gasteiger partial charge in [-0.15, -0.1) is 0 Å². The fourth-order valence-corrected chi connectivity index (χ4v) is 3.01. The average Bonchev–Trinajstić information content (AvgIpc) is 2.72. The van der Waals surface area contributed by atoms with E-state index in [9.17, 15) is 19.5 Å². The summed E-state index contributed by atoms with van der Waals surface area (Å²) in [5, 5.41) is 9.95. The van der Waals surface area contributed by atoms with E-state index in [2.05, 4.69) is 21.6 Å². The van der Waals surface area contributed by atoms with E-state index in [4.69, 9.17) is 9.47 Å². The molecule has 1 unspecified atom stereocenters. The Morgan fingerprint density at radius 1 is 1.16 bits per heavy atom. The van der Waals surface area contributed by atoms with Crippen LogP contribution in [-0.4, -0.2) is 64.5 Å². The molecule has 32 heavy (non-hydrogen) atoms. The highest BCUT2D eigenvalue weighted by molar-refractivity contribution is 5.89. The number of hydrogen-bond donors (Lipinski definition) is 2. The van der Waals surface area contributed by atoms with Crippen LogP contribution in [0.4, 0.5) is 4.79 Å². The van der Waals surface area contributed by atoms with E-state index in [0.29, 0.717) is 26.1 Å². The number of aromatic amines is 1. The number of ether oxygens (including phenoxy) is 3. The first-order valence-electron chi connectivity index (χ1n) is 11.0. The number of rotatable bonds is 12. The van der Waals surface area contributed by atoms with Crippen molar-refractivity contribution in [2.24, 2.45) is 0 Å². The van der Waals surface area contributed by atoms with E-state index < -0.39 is 40.7 Å². The molecule has 0 aliphatic rings. The molecule has 10 nitrogen and oxygen atoms in total. The Bertz CT molecular complexity index is 802. The van der Waals surface area contributed by atoms with Gasteiger partial charge < -0.3 is 24.3 Å². The number of H-pyrrole nitrogens is 1. The molecule has 1 rings (SSSR count). The van der Waals surface area contributed by atoms with Gasteiger partial charge in [-0.2, -0.15) is 0 Å². The fraction of sp³-hybridized carbons (Fsp3) is 0.727. The van der Waals surface area contributed by atoms with Crippen LogP contribution >= 0.6 is 0 Å². The van der Waals surface area contributed by atoms with Gasteiger partial charge in [-0.25, -0.2) is 14.6 Å². The highest BCUT2D eigenvalue weighted by Gasteiger charge is 2.31. The second-order valence-electron chi connectivity index (χ2n) is 8.38. The first kappa shape index (κ1) is 27.4. The molecule has 0 aliphatic heterocycles. The lowest BCUT2D eigenvalue weighted by molar-refractivity contribution is 0.0147. The number of esters is 1. The highest BCUT2D eigenvalue weighted by atomic mass is 16.6. The summed E-state index contributed by atoms with van der Waals surface area (Å²) in [5.41, 5.74) is -2.10. The number of methoxy groups -OCH3 is 1.